The highest BCUT2D eigenvalue weighted by Crippen LogP contribution is 2.26. The molecule has 0 spiro atoms. The number of hydrogen-bond donors (Lipinski definition) is 1. The summed E-state index contributed by atoms with van der Waals surface area (Å²) in [5.41, 5.74) is 5.41. The third-order valence-electron chi connectivity index (χ3n) is 5.09. The van der Waals surface area contributed by atoms with Crippen molar-refractivity contribution in [3.8, 4) is 5.75 Å². The van der Waals surface area contributed by atoms with Gasteiger partial charge in [0.25, 0.3) is 5.91 Å². The van der Waals surface area contributed by atoms with E-state index >= 15 is 0 Å². The van der Waals surface area contributed by atoms with Crippen molar-refractivity contribution in [1.82, 2.24) is 5.32 Å². The molecule has 0 bridgehead atoms. The zero-order chi connectivity index (χ0) is 18.7. The van der Waals surface area contributed by atoms with E-state index in [2.05, 4.69) is 56.4 Å². The number of carbonyl (C=O) groups excluding carboxylic acids is 1. The van der Waals surface area contributed by atoms with Gasteiger partial charge in [-0.05, 0) is 66.0 Å². The number of rotatable bonds is 5. The highest BCUT2D eigenvalue weighted by atomic mass is 16.5. The molecule has 0 aromatic heterocycles. The zero-order valence-corrected chi connectivity index (χ0v) is 16.3. The van der Waals surface area contributed by atoms with Crippen molar-refractivity contribution >= 4 is 5.91 Å². The van der Waals surface area contributed by atoms with Crippen LogP contribution in [-0.2, 0) is 23.1 Å². The third kappa shape index (κ3) is 4.46. The molecule has 3 rings (SSSR count). The number of fused-ring (bicyclic) bond motifs is 1. The maximum absolute atomic E-state index is 12.2. The number of nitrogens with one attached hydrogen (secondary N) is 1. The van der Waals surface area contributed by atoms with Gasteiger partial charge in [0.2, 0.25) is 0 Å². The van der Waals surface area contributed by atoms with E-state index in [-0.39, 0.29) is 24.0 Å². The van der Waals surface area contributed by atoms with Gasteiger partial charge in [-0.25, -0.2) is 0 Å². The molecule has 2 aromatic rings. The van der Waals surface area contributed by atoms with Crippen molar-refractivity contribution in [1.29, 1.82) is 0 Å². The Morgan fingerprint density at radius 2 is 1.77 bits per heavy atom. The SMILES string of the molecule is CC(NC(=O)COc1ccc(C(C)(C)C)cc1)c1ccc2c(c1)CCC2. The van der Waals surface area contributed by atoms with Crippen molar-refractivity contribution in [3.63, 3.8) is 0 Å². The van der Waals surface area contributed by atoms with Gasteiger partial charge in [-0.2, -0.15) is 0 Å². The van der Waals surface area contributed by atoms with Crippen molar-refractivity contribution in [2.24, 2.45) is 0 Å². The molecule has 1 unspecified atom stereocenters. The van der Waals surface area contributed by atoms with Crippen LogP contribution in [-0.4, -0.2) is 12.5 Å². The van der Waals surface area contributed by atoms with Crippen LogP contribution in [0.1, 0.15) is 62.4 Å². The van der Waals surface area contributed by atoms with Gasteiger partial charge in [-0.1, -0.05) is 51.1 Å². The molecular weight excluding hydrogens is 322 g/mol. The molecule has 3 nitrogen and oxygen atoms in total. The Morgan fingerprint density at radius 3 is 2.46 bits per heavy atom. The normalized spacial score (nSPS) is 14.6. The van der Waals surface area contributed by atoms with E-state index in [1.807, 2.05) is 19.1 Å². The number of aryl methyl sites for hydroxylation is 2. The smallest absolute Gasteiger partial charge is 0.258 e. The first kappa shape index (κ1) is 18.5. The van der Waals surface area contributed by atoms with Crippen molar-refractivity contribution < 1.29 is 9.53 Å². The highest BCUT2D eigenvalue weighted by molar-refractivity contribution is 5.78. The van der Waals surface area contributed by atoms with Crippen LogP contribution < -0.4 is 10.1 Å². The van der Waals surface area contributed by atoms with Gasteiger partial charge in [0.1, 0.15) is 5.75 Å². The van der Waals surface area contributed by atoms with E-state index in [0.717, 1.165) is 17.7 Å². The van der Waals surface area contributed by atoms with Crippen LogP contribution in [0.3, 0.4) is 0 Å². The highest BCUT2D eigenvalue weighted by Gasteiger charge is 2.16. The molecule has 0 saturated heterocycles. The maximum Gasteiger partial charge on any atom is 0.258 e. The Morgan fingerprint density at radius 1 is 1.08 bits per heavy atom. The second kappa shape index (κ2) is 7.53. The molecule has 1 aliphatic carbocycles. The first-order valence-electron chi connectivity index (χ1n) is 9.47. The summed E-state index contributed by atoms with van der Waals surface area (Å²) in [6.45, 7) is 8.58. The molecule has 0 saturated carbocycles. The quantitative estimate of drug-likeness (QED) is 0.846. The Balaban J connectivity index is 1.52. The molecule has 138 valence electrons. The fourth-order valence-corrected chi connectivity index (χ4v) is 3.43. The lowest BCUT2D eigenvalue weighted by Gasteiger charge is -2.19. The van der Waals surface area contributed by atoms with Crippen LogP contribution in [0.2, 0.25) is 0 Å². The predicted octanol–water partition coefficient (Wildman–Crippen LogP) is 4.73. The second-order valence-electron chi connectivity index (χ2n) is 8.23. The minimum absolute atomic E-state index is 0.0136. The number of carbonyl (C=O) groups is 1. The largest absolute Gasteiger partial charge is 0.484 e. The second-order valence-corrected chi connectivity index (χ2v) is 8.23. The molecule has 1 atom stereocenters. The standard InChI is InChI=1S/C23H29NO2/c1-16(18-9-8-17-6-5-7-19(17)14-18)24-22(25)15-26-21-12-10-20(11-13-21)23(2,3)4/h8-14,16H,5-7,15H2,1-4H3,(H,24,25). The van der Waals surface area contributed by atoms with Gasteiger partial charge in [-0.3, -0.25) is 4.79 Å². The molecule has 1 N–H and O–H groups in total. The summed E-state index contributed by atoms with van der Waals surface area (Å²) in [5, 5.41) is 3.03. The Bertz CT molecular complexity index is 772. The first-order chi connectivity index (χ1) is 12.3. The van der Waals surface area contributed by atoms with Gasteiger partial charge in [0.15, 0.2) is 6.61 Å². The van der Waals surface area contributed by atoms with Gasteiger partial charge in [-0.15, -0.1) is 0 Å². The summed E-state index contributed by atoms with van der Waals surface area (Å²) in [6, 6.07) is 14.5. The Kier molecular flexibility index (Phi) is 5.36. The number of hydrogen-bond acceptors (Lipinski definition) is 2. The summed E-state index contributed by atoms with van der Waals surface area (Å²) in [5.74, 6) is 0.622. The van der Waals surface area contributed by atoms with E-state index in [1.165, 1.54) is 29.5 Å². The molecule has 26 heavy (non-hydrogen) atoms. The molecule has 0 aliphatic heterocycles. The van der Waals surface area contributed by atoms with Crippen LogP contribution in [0, 0.1) is 0 Å². The minimum atomic E-state index is -0.0992. The topological polar surface area (TPSA) is 38.3 Å². The molecule has 3 heteroatoms. The summed E-state index contributed by atoms with van der Waals surface area (Å²) < 4.78 is 5.63. The van der Waals surface area contributed by atoms with E-state index in [4.69, 9.17) is 4.74 Å². The van der Waals surface area contributed by atoms with Crippen LogP contribution in [0.25, 0.3) is 0 Å². The minimum Gasteiger partial charge on any atom is -0.484 e. The molecule has 2 aromatic carbocycles. The molecule has 0 radical (unpaired) electrons. The fourth-order valence-electron chi connectivity index (χ4n) is 3.43. The van der Waals surface area contributed by atoms with E-state index in [9.17, 15) is 4.79 Å². The lowest BCUT2D eigenvalue weighted by molar-refractivity contribution is -0.123. The fraction of sp³-hybridized carbons (Fsp3) is 0.435. The predicted molar refractivity (Wildman–Crippen MR) is 106 cm³/mol. The summed E-state index contributed by atoms with van der Waals surface area (Å²) in [7, 11) is 0. The molecule has 0 fully saturated rings. The third-order valence-corrected chi connectivity index (χ3v) is 5.09. The average Bonchev–Trinajstić information content (AvgIpc) is 3.07. The summed E-state index contributed by atoms with van der Waals surface area (Å²) in [6.07, 6.45) is 3.57. The first-order valence-corrected chi connectivity index (χ1v) is 9.47. The summed E-state index contributed by atoms with van der Waals surface area (Å²) >= 11 is 0. The van der Waals surface area contributed by atoms with E-state index in [1.54, 1.807) is 0 Å². The monoisotopic (exact) mass is 351 g/mol. The van der Waals surface area contributed by atoms with Crippen molar-refractivity contribution in [2.75, 3.05) is 6.61 Å². The lowest BCUT2D eigenvalue weighted by atomic mass is 9.87. The number of ether oxygens (including phenoxy) is 1. The molecule has 1 amide bonds. The van der Waals surface area contributed by atoms with Gasteiger partial charge in [0.05, 0.1) is 6.04 Å². The zero-order valence-electron chi connectivity index (χ0n) is 16.3. The van der Waals surface area contributed by atoms with Crippen LogP contribution in [0.4, 0.5) is 0 Å². The van der Waals surface area contributed by atoms with Gasteiger partial charge in [0, 0.05) is 0 Å². The number of benzene rings is 2. The van der Waals surface area contributed by atoms with Crippen molar-refractivity contribution in [2.45, 2.75) is 58.4 Å². The molecule has 0 heterocycles. The Hall–Kier alpha value is -2.29. The molecular formula is C23H29NO2. The molecule has 1 aliphatic rings. The van der Waals surface area contributed by atoms with Crippen LogP contribution in [0.15, 0.2) is 42.5 Å². The van der Waals surface area contributed by atoms with E-state index in [0.29, 0.717) is 0 Å². The lowest BCUT2D eigenvalue weighted by Crippen LogP contribution is -2.31. The average molecular weight is 351 g/mol. The summed E-state index contributed by atoms with van der Waals surface area (Å²) in [4.78, 5) is 12.2. The van der Waals surface area contributed by atoms with E-state index < -0.39 is 0 Å². The Labute approximate surface area is 156 Å². The van der Waals surface area contributed by atoms with Gasteiger partial charge < -0.3 is 10.1 Å². The van der Waals surface area contributed by atoms with Gasteiger partial charge >= 0.3 is 0 Å². The number of amides is 1. The van der Waals surface area contributed by atoms with Crippen LogP contribution in [0.5, 0.6) is 5.75 Å². The maximum atomic E-state index is 12.2. The van der Waals surface area contributed by atoms with Crippen LogP contribution >= 0.6 is 0 Å². The van der Waals surface area contributed by atoms with Crippen molar-refractivity contribution in [3.05, 3.63) is 64.7 Å².